The predicted octanol–water partition coefficient (Wildman–Crippen LogP) is 3.75. The van der Waals surface area contributed by atoms with Gasteiger partial charge in [-0.15, -0.1) is 0 Å². The molecule has 0 radical (unpaired) electrons. The molecule has 0 aliphatic heterocycles. The van der Waals surface area contributed by atoms with Gasteiger partial charge in [-0.3, -0.25) is 0 Å². The van der Waals surface area contributed by atoms with Gasteiger partial charge in [-0.05, 0) is 48.4 Å². The molecule has 94 valence electrons. The maximum Gasteiger partial charge on any atom is 0.125 e. The number of rotatable bonds is 4. The second-order valence-corrected chi connectivity index (χ2v) is 4.22. The van der Waals surface area contributed by atoms with Crippen molar-refractivity contribution in [2.45, 2.75) is 13.5 Å². The lowest BCUT2D eigenvalue weighted by atomic mass is 10.2. The van der Waals surface area contributed by atoms with Crippen LogP contribution in [0.1, 0.15) is 11.1 Å². The van der Waals surface area contributed by atoms with E-state index in [0.29, 0.717) is 6.54 Å². The summed E-state index contributed by atoms with van der Waals surface area (Å²) in [6, 6.07) is 12.7. The smallest absolute Gasteiger partial charge is 0.125 e. The molecule has 0 spiro atoms. The average Bonchev–Trinajstić information content (AvgIpc) is 2.36. The Balaban J connectivity index is 2.01. The maximum absolute atomic E-state index is 13.2. The summed E-state index contributed by atoms with van der Waals surface area (Å²) in [5.41, 5.74) is 2.83. The number of methoxy groups -OCH3 is 1. The van der Waals surface area contributed by atoms with E-state index >= 15 is 0 Å². The van der Waals surface area contributed by atoms with Crippen molar-refractivity contribution in [1.29, 1.82) is 0 Å². The van der Waals surface area contributed by atoms with Crippen molar-refractivity contribution in [2.75, 3.05) is 12.4 Å². The van der Waals surface area contributed by atoms with E-state index in [-0.39, 0.29) is 5.82 Å². The molecular weight excluding hydrogens is 229 g/mol. The molecule has 18 heavy (non-hydrogen) atoms. The molecule has 0 heterocycles. The van der Waals surface area contributed by atoms with Crippen molar-refractivity contribution >= 4 is 5.69 Å². The molecule has 2 aromatic rings. The Hall–Kier alpha value is -2.03. The van der Waals surface area contributed by atoms with Gasteiger partial charge in [0.05, 0.1) is 7.11 Å². The molecule has 2 aromatic carbocycles. The predicted molar refractivity (Wildman–Crippen MR) is 71.5 cm³/mol. The minimum atomic E-state index is -0.216. The lowest BCUT2D eigenvalue weighted by Gasteiger charge is -2.08. The fourth-order valence-electron chi connectivity index (χ4n) is 1.79. The number of anilines is 1. The number of hydrogen-bond acceptors (Lipinski definition) is 2. The van der Waals surface area contributed by atoms with Crippen molar-refractivity contribution < 1.29 is 9.13 Å². The van der Waals surface area contributed by atoms with E-state index in [0.717, 1.165) is 22.6 Å². The molecule has 3 heteroatoms. The average molecular weight is 245 g/mol. The minimum absolute atomic E-state index is 0.216. The molecule has 0 aliphatic carbocycles. The van der Waals surface area contributed by atoms with Crippen molar-refractivity contribution in [3.63, 3.8) is 0 Å². The van der Waals surface area contributed by atoms with E-state index in [1.54, 1.807) is 7.11 Å². The fraction of sp³-hybridized carbons (Fsp3) is 0.200. The largest absolute Gasteiger partial charge is 0.497 e. The molecular formula is C15H16FNO. The van der Waals surface area contributed by atoms with Crippen molar-refractivity contribution in [1.82, 2.24) is 0 Å². The third kappa shape index (κ3) is 3.23. The molecule has 0 amide bonds. The molecule has 0 aromatic heterocycles. The molecule has 0 aliphatic rings. The molecule has 0 bridgehead atoms. The Morgan fingerprint density at radius 2 is 1.83 bits per heavy atom. The summed E-state index contributed by atoms with van der Waals surface area (Å²) >= 11 is 0. The van der Waals surface area contributed by atoms with E-state index in [1.807, 2.05) is 37.3 Å². The zero-order valence-corrected chi connectivity index (χ0v) is 10.5. The Morgan fingerprint density at radius 1 is 1.11 bits per heavy atom. The first-order valence-corrected chi connectivity index (χ1v) is 5.81. The van der Waals surface area contributed by atoms with Crippen LogP contribution in [0.4, 0.5) is 10.1 Å². The summed E-state index contributed by atoms with van der Waals surface area (Å²) < 4.78 is 18.3. The van der Waals surface area contributed by atoms with Crippen LogP contribution < -0.4 is 10.1 Å². The number of ether oxygens (including phenoxy) is 1. The molecule has 0 atom stereocenters. The first-order valence-electron chi connectivity index (χ1n) is 5.81. The van der Waals surface area contributed by atoms with Crippen LogP contribution in [-0.4, -0.2) is 7.11 Å². The van der Waals surface area contributed by atoms with Crippen LogP contribution in [0.5, 0.6) is 5.75 Å². The Morgan fingerprint density at radius 3 is 2.44 bits per heavy atom. The highest BCUT2D eigenvalue weighted by atomic mass is 19.1. The number of benzene rings is 2. The van der Waals surface area contributed by atoms with Crippen LogP contribution in [0.3, 0.4) is 0 Å². The number of aryl methyl sites for hydroxylation is 1. The van der Waals surface area contributed by atoms with E-state index in [4.69, 9.17) is 4.74 Å². The lowest BCUT2D eigenvalue weighted by molar-refractivity contribution is 0.414. The van der Waals surface area contributed by atoms with Crippen molar-refractivity contribution in [3.8, 4) is 5.75 Å². The molecule has 1 N–H and O–H groups in total. The molecule has 0 fully saturated rings. The summed E-state index contributed by atoms with van der Waals surface area (Å²) in [5.74, 6) is 0.618. The highest BCUT2D eigenvalue weighted by molar-refractivity contribution is 5.46. The van der Waals surface area contributed by atoms with Gasteiger partial charge in [-0.1, -0.05) is 12.1 Å². The SMILES string of the molecule is COc1ccc(CNc2cc(C)cc(F)c2)cc1. The second kappa shape index (κ2) is 5.54. The highest BCUT2D eigenvalue weighted by Gasteiger charge is 1.99. The third-order valence-corrected chi connectivity index (χ3v) is 2.70. The third-order valence-electron chi connectivity index (χ3n) is 2.70. The van der Waals surface area contributed by atoms with E-state index in [9.17, 15) is 4.39 Å². The van der Waals surface area contributed by atoms with Crippen LogP contribution >= 0.6 is 0 Å². The van der Waals surface area contributed by atoms with Crippen LogP contribution in [0, 0.1) is 12.7 Å². The summed E-state index contributed by atoms with van der Waals surface area (Å²) in [4.78, 5) is 0. The van der Waals surface area contributed by atoms with Crippen LogP contribution in [0.25, 0.3) is 0 Å². The van der Waals surface area contributed by atoms with E-state index in [2.05, 4.69) is 5.32 Å². The topological polar surface area (TPSA) is 21.3 Å². The quantitative estimate of drug-likeness (QED) is 0.885. The number of nitrogens with one attached hydrogen (secondary N) is 1. The number of halogens is 1. The normalized spacial score (nSPS) is 10.2. The molecule has 0 saturated carbocycles. The minimum Gasteiger partial charge on any atom is -0.497 e. The summed E-state index contributed by atoms with van der Waals surface area (Å²) in [5, 5.41) is 3.20. The molecule has 2 nitrogen and oxygen atoms in total. The summed E-state index contributed by atoms with van der Waals surface area (Å²) in [6.45, 7) is 2.54. The van der Waals surface area contributed by atoms with Crippen LogP contribution in [-0.2, 0) is 6.54 Å². The van der Waals surface area contributed by atoms with Gasteiger partial charge < -0.3 is 10.1 Å². The molecule has 0 unspecified atom stereocenters. The standard InChI is InChI=1S/C15H16FNO/c1-11-7-13(16)9-14(8-11)17-10-12-3-5-15(18-2)6-4-12/h3-9,17H,10H2,1-2H3. The Labute approximate surface area is 106 Å². The van der Waals surface area contributed by atoms with Gasteiger partial charge in [0.25, 0.3) is 0 Å². The Bertz CT molecular complexity index is 502. The van der Waals surface area contributed by atoms with Crippen LogP contribution in [0.15, 0.2) is 42.5 Å². The first-order chi connectivity index (χ1) is 8.67. The van der Waals surface area contributed by atoms with E-state index in [1.165, 1.54) is 12.1 Å². The van der Waals surface area contributed by atoms with Gasteiger partial charge in [0.15, 0.2) is 0 Å². The Kier molecular flexibility index (Phi) is 3.82. The van der Waals surface area contributed by atoms with Gasteiger partial charge in [-0.2, -0.15) is 0 Å². The van der Waals surface area contributed by atoms with Gasteiger partial charge in [0.1, 0.15) is 11.6 Å². The molecule has 2 rings (SSSR count). The molecule has 0 saturated heterocycles. The lowest BCUT2D eigenvalue weighted by Crippen LogP contribution is -2.00. The second-order valence-electron chi connectivity index (χ2n) is 4.22. The monoisotopic (exact) mass is 245 g/mol. The van der Waals surface area contributed by atoms with Crippen LogP contribution in [0.2, 0.25) is 0 Å². The van der Waals surface area contributed by atoms with Gasteiger partial charge in [0.2, 0.25) is 0 Å². The zero-order chi connectivity index (χ0) is 13.0. The maximum atomic E-state index is 13.2. The van der Waals surface area contributed by atoms with Gasteiger partial charge in [-0.25, -0.2) is 4.39 Å². The first kappa shape index (κ1) is 12.4. The van der Waals surface area contributed by atoms with Gasteiger partial charge in [0, 0.05) is 12.2 Å². The summed E-state index contributed by atoms with van der Waals surface area (Å²) in [7, 11) is 1.64. The van der Waals surface area contributed by atoms with Crippen molar-refractivity contribution in [3.05, 3.63) is 59.4 Å². The van der Waals surface area contributed by atoms with E-state index < -0.39 is 0 Å². The van der Waals surface area contributed by atoms with Gasteiger partial charge >= 0.3 is 0 Å². The fourth-order valence-corrected chi connectivity index (χ4v) is 1.79. The zero-order valence-electron chi connectivity index (χ0n) is 10.5. The summed E-state index contributed by atoms with van der Waals surface area (Å²) in [6.07, 6.45) is 0. The highest BCUT2D eigenvalue weighted by Crippen LogP contribution is 2.16. The van der Waals surface area contributed by atoms with Crippen molar-refractivity contribution in [2.24, 2.45) is 0 Å². The number of hydrogen-bond donors (Lipinski definition) is 1.